The molecule has 1 aliphatic rings. The molecule has 3 heteroatoms. The minimum absolute atomic E-state index is 0.659. The van der Waals surface area contributed by atoms with Crippen molar-refractivity contribution in [3.63, 3.8) is 0 Å². The molecule has 1 aliphatic carbocycles. The van der Waals surface area contributed by atoms with Crippen LogP contribution in [0.5, 0.6) is 0 Å². The highest BCUT2D eigenvalue weighted by Gasteiger charge is 2.32. The van der Waals surface area contributed by atoms with Gasteiger partial charge in [-0.1, -0.05) is 24.3 Å². The molecule has 2 aromatic rings. The van der Waals surface area contributed by atoms with E-state index in [0.29, 0.717) is 6.04 Å². The number of aryl methyl sites for hydroxylation is 1. The summed E-state index contributed by atoms with van der Waals surface area (Å²) in [5.74, 6) is 0.818. The van der Waals surface area contributed by atoms with E-state index < -0.39 is 0 Å². The Morgan fingerprint density at radius 2 is 2.27 bits per heavy atom. The molecule has 78 valence electrons. The fourth-order valence-corrected chi connectivity index (χ4v) is 2.80. The molecule has 0 saturated heterocycles. The summed E-state index contributed by atoms with van der Waals surface area (Å²) in [5.41, 5.74) is 2.42. The van der Waals surface area contributed by atoms with E-state index in [1.54, 1.807) is 11.3 Å². The summed E-state index contributed by atoms with van der Waals surface area (Å²) < 4.78 is 1.28. The third-order valence-corrected chi connectivity index (χ3v) is 3.91. The van der Waals surface area contributed by atoms with Gasteiger partial charge in [0.15, 0.2) is 5.13 Å². The summed E-state index contributed by atoms with van der Waals surface area (Å²) in [5, 5.41) is 4.56. The second-order valence-electron chi connectivity index (χ2n) is 4.45. The molecule has 0 radical (unpaired) electrons. The van der Waals surface area contributed by atoms with E-state index in [0.717, 1.165) is 16.6 Å². The van der Waals surface area contributed by atoms with Crippen molar-refractivity contribution in [1.82, 2.24) is 4.98 Å². The molecule has 2 atom stereocenters. The number of anilines is 1. The van der Waals surface area contributed by atoms with Gasteiger partial charge in [-0.2, -0.15) is 0 Å². The van der Waals surface area contributed by atoms with Gasteiger partial charge >= 0.3 is 0 Å². The van der Waals surface area contributed by atoms with Gasteiger partial charge in [-0.25, -0.2) is 4.98 Å². The van der Waals surface area contributed by atoms with Crippen LogP contribution in [0.4, 0.5) is 5.13 Å². The van der Waals surface area contributed by atoms with Gasteiger partial charge in [0.1, 0.15) is 0 Å². The van der Waals surface area contributed by atoms with Crippen LogP contribution in [0.25, 0.3) is 10.2 Å². The van der Waals surface area contributed by atoms with E-state index in [1.807, 2.05) is 0 Å². The number of nitrogens with zero attached hydrogens (tertiary/aromatic N) is 1. The number of thiazole rings is 1. The smallest absolute Gasteiger partial charge is 0.184 e. The molecule has 2 unspecified atom stereocenters. The van der Waals surface area contributed by atoms with Crippen LogP contribution in [0.2, 0.25) is 0 Å². The van der Waals surface area contributed by atoms with Gasteiger partial charge in [0.05, 0.1) is 10.2 Å². The number of hydrogen-bond donors (Lipinski definition) is 1. The predicted octanol–water partition coefficient (Wildman–Crippen LogP) is 3.43. The van der Waals surface area contributed by atoms with E-state index in [-0.39, 0.29) is 0 Å². The highest BCUT2D eigenvalue weighted by molar-refractivity contribution is 7.22. The van der Waals surface area contributed by atoms with Gasteiger partial charge < -0.3 is 5.32 Å². The van der Waals surface area contributed by atoms with Crippen molar-refractivity contribution in [3.8, 4) is 0 Å². The van der Waals surface area contributed by atoms with Crippen LogP contribution in [0.15, 0.2) is 18.2 Å². The van der Waals surface area contributed by atoms with Crippen molar-refractivity contribution in [1.29, 1.82) is 0 Å². The normalized spacial score (nSPS) is 24.4. The Morgan fingerprint density at radius 3 is 3.00 bits per heavy atom. The zero-order chi connectivity index (χ0) is 10.4. The lowest BCUT2D eigenvalue weighted by atomic mass is 10.2. The summed E-state index contributed by atoms with van der Waals surface area (Å²) in [6.45, 7) is 4.39. The first-order chi connectivity index (χ1) is 7.22. The van der Waals surface area contributed by atoms with E-state index in [1.165, 1.54) is 16.7 Å². The van der Waals surface area contributed by atoms with Crippen molar-refractivity contribution in [2.24, 2.45) is 5.92 Å². The maximum atomic E-state index is 4.58. The molecule has 1 aromatic carbocycles. The molecular weight excluding hydrogens is 204 g/mol. The monoisotopic (exact) mass is 218 g/mol. The Bertz CT molecular complexity index is 503. The van der Waals surface area contributed by atoms with Gasteiger partial charge in [0.2, 0.25) is 0 Å². The quantitative estimate of drug-likeness (QED) is 0.835. The van der Waals surface area contributed by atoms with Crippen LogP contribution in [0.1, 0.15) is 18.9 Å². The molecule has 0 spiro atoms. The predicted molar refractivity (Wildman–Crippen MR) is 65.5 cm³/mol. The highest BCUT2D eigenvalue weighted by Crippen LogP contribution is 2.35. The van der Waals surface area contributed by atoms with Crippen LogP contribution < -0.4 is 5.32 Å². The number of rotatable bonds is 2. The topological polar surface area (TPSA) is 24.9 Å². The van der Waals surface area contributed by atoms with Crippen molar-refractivity contribution < 1.29 is 0 Å². The first kappa shape index (κ1) is 9.16. The standard InChI is InChI=1S/C12H14N2S/c1-7-3-4-9-11(5-7)15-12(13-9)14-10-6-8(10)2/h3-5,8,10H,6H2,1-2H3,(H,13,14). The Labute approximate surface area is 93.3 Å². The third kappa shape index (κ3) is 1.72. The largest absolute Gasteiger partial charge is 0.358 e. The molecule has 0 aliphatic heterocycles. The van der Waals surface area contributed by atoms with Crippen LogP contribution in [-0.4, -0.2) is 11.0 Å². The summed E-state index contributed by atoms with van der Waals surface area (Å²) in [6.07, 6.45) is 1.29. The van der Waals surface area contributed by atoms with Crippen LogP contribution in [0.3, 0.4) is 0 Å². The lowest BCUT2D eigenvalue weighted by molar-refractivity contribution is 0.928. The molecule has 1 fully saturated rings. The molecule has 15 heavy (non-hydrogen) atoms. The summed E-state index contributed by atoms with van der Waals surface area (Å²) in [6, 6.07) is 7.08. The second-order valence-corrected chi connectivity index (χ2v) is 5.48. The lowest BCUT2D eigenvalue weighted by Crippen LogP contribution is -2.02. The third-order valence-electron chi connectivity index (χ3n) is 2.96. The number of aromatic nitrogens is 1. The minimum Gasteiger partial charge on any atom is -0.358 e. The van der Waals surface area contributed by atoms with Crippen molar-refractivity contribution in [2.45, 2.75) is 26.3 Å². The fourth-order valence-electron chi connectivity index (χ4n) is 1.78. The second kappa shape index (κ2) is 3.20. The number of benzene rings is 1. The minimum atomic E-state index is 0.659. The number of fused-ring (bicyclic) bond motifs is 1. The fraction of sp³-hybridized carbons (Fsp3) is 0.417. The van der Waals surface area contributed by atoms with Crippen LogP contribution in [-0.2, 0) is 0 Å². The first-order valence-electron chi connectivity index (χ1n) is 5.36. The van der Waals surface area contributed by atoms with E-state index in [4.69, 9.17) is 0 Å². The SMILES string of the molecule is Cc1ccc2nc(NC3CC3C)sc2c1. The molecular formula is C12H14N2S. The molecule has 0 bridgehead atoms. The van der Waals surface area contributed by atoms with Gasteiger partial charge in [-0.05, 0) is 37.0 Å². The number of nitrogens with one attached hydrogen (secondary N) is 1. The molecule has 0 amide bonds. The molecule has 1 heterocycles. The number of hydrogen-bond acceptors (Lipinski definition) is 3. The molecule has 1 saturated carbocycles. The van der Waals surface area contributed by atoms with E-state index >= 15 is 0 Å². The first-order valence-corrected chi connectivity index (χ1v) is 6.18. The average Bonchev–Trinajstić information content (AvgIpc) is 2.75. The molecule has 3 rings (SSSR count). The van der Waals surface area contributed by atoms with Gasteiger partial charge in [0, 0.05) is 6.04 Å². The van der Waals surface area contributed by atoms with Crippen molar-refractivity contribution in [3.05, 3.63) is 23.8 Å². The Balaban J connectivity index is 1.92. The molecule has 2 nitrogen and oxygen atoms in total. The summed E-state index contributed by atoms with van der Waals surface area (Å²) in [4.78, 5) is 4.58. The lowest BCUT2D eigenvalue weighted by Gasteiger charge is -1.96. The Hall–Kier alpha value is -1.09. The Morgan fingerprint density at radius 1 is 1.47 bits per heavy atom. The summed E-state index contributed by atoms with van der Waals surface area (Å²) in [7, 11) is 0. The van der Waals surface area contributed by atoms with Gasteiger partial charge in [-0.3, -0.25) is 0 Å². The molecule has 1 N–H and O–H groups in total. The van der Waals surface area contributed by atoms with Gasteiger partial charge in [-0.15, -0.1) is 0 Å². The van der Waals surface area contributed by atoms with Crippen molar-refractivity contribution >= 4 is 26.7 Å². The van der Waals surface area contributed by atoms with Crippen LogP contribution in [0, 0.1) is 12.8 Å². The maximum absolute atomic E-state index is 4.58. The van der Waals surface area contributed by atoms with E-state index in [2.05, 4.69) is 42.3 Å². The van der Waals surface area contributed by atoms with E-state index in [9.17, 15) is 0 Å². The average molecular weight is 218 g/mol. The van der Waals surface area contributed by atoms with Crippen molar-refractivity contribution in [2.75, 3.05) is 5.32 Å². The zero-order valence-electron chi connectivity index (χ0n) is 8.95. The van der Waals surface area contributed by atoms with Crippen LogP contribution >= 0.6 is 11.3 Å². The Kier molecular flexibility index (Phi) is 1.96. The molecule has 1 aromatic heterocycles. The highest BCUT2D eigenvalue weighted by atomic mass is 32.1. The summed E-state index contributed by atoms with van der Waals surface area (Å²) >= 11 is 1.76. The van der Waals surface area contributed by atoms with Gasteiger partial charge in [0.25, 0.3) is 0 Å². The maximum Gasteiger partial charge on any atom is 0.184 e. The zero-order valence-corrected chi connectivity index (χ0v) is 9.77.